The standard InChI is InChI=1S/C16H24N4OS/c1-11-7-12(9-13(8-11)18-2)10-22-14(19-3)16(5-4-6-16)20-15(17)21/h7-9,18H,4-6,10H2,1-3H3,(H3,17,20,21). The molecule has 0 radical (unpaired) electrons. The highest BCUT2D eigenvalue weighted by Gasteiger charge is 2.42. The van der Waals surface area contributed by atoms with Gasteiger partial charge in [-0.05, 0) is 49.4 Å². The van der Waals surface area contributed by atoms with Gasteiger partial charge in [0.2, 0.25) is 0 Å². The van der Waals surface area contributed by atoms with E-state index in [2.05, 4.69) is 40.7 Å². The van der Waals surface area contributed by atoms with E-state index in [1.807, 2.05) is 7.05 Å². The fourth-order valence-corrected chi connectivity index (χ4v) is 3.95. The number of aryl methyl sites for hydroxylation is 1. The van der Waals surface area contributed by atoms with Gasteiger partial charge in [-0.1, -0.05) is 6.07 Å². The fraction of sp³-hybridized carbons (Fsp3) is 0.500. The number of nitrogens with zero attached hydrogens (tertiary/aromatic N) is 1. The molecule has 0 aromatic heterocycles. The molecular formula is C16H24N4OS. The number of thioether (sulfide) groups is 1. The number of urea groups is 1. The number of aliphatic imine (C=N–C) groups is 1. The molecule has 0 unspecified atom stereocenters. The molecule has 5 nitrogen and oxygen atoms in total. The molecule has 22 heavy (non-hydrogen) atoms. The van der Waals surface area contributed by atoms with Crippen molar-refractivity contribution < 1.29 is 4.79 Å². The molecule has 1 aliphatic rings. The van der Waals surface area contributed by atoms with Crippen LogP contribution in [-0.4, -0.2) is 30.7 Å². The Bertz CT molecular complexity index is 582. The Labute approximate surface area is 136 Å². The third kappa shape index (κ3) is 3.74. The first-order chi connectivity index (χ1) is 10.5. The molecule has 1 aromatic carbocycles. The van der Waals surface area contributed by atoms with Crippen LogP contribution in [0.3, 0.4) is 0 Å². The van der Waals surface area contributed by atoms with E-state index in [4.69, 9.17) is 5.73 Å². The number of nitrogens with two attached hydrogens (primary N) is 1. The summed E-state index contributed by atoms with van der Waals surface area (Å²) >= 11 is 1.68. The van der Waals surface area contributed by atoms with Gasteiger partial charge in [0.15, 0.2) is 0 Å². The summed E-state index contributed by atoms with van der Waals surface area (Å²) in [6, 6.07) is 5.96. The number of amides is 2. The van der Waals surface area contributed by atoms with Gasteiger partial charge in [0.25, 0.3) is 0 Å². The van der Waals surface area contributed by atoms with Crippen LogP contribution in [-0.2, 0) is 5.75 Å². The van der Waals surface area contributed by atoms with Crippen LogP contribution in [0.5, 0.6) is 0 Å². The minimum atomic E-state index is -0.477. The number of rotatable bonds is 5. The van der Waals surface area contributed by atoms with Crippen molar-refractivity contribution in [1.82, 2.24) is 5.32 Å². The third-order valence-corrected chi connectivity index (χ3v) is 5.31. The zero-order valence-corrected chi connectivity index (χ0v) is 14.2. The minimum absolute atomic E-state index is 0.346. The van der Waals surface area contributed by atoms with Crippen molar-refractivity contribution in [2.24, 2.45) is 10.7 Å². The highest BCUT2D eigenvalue weighted by Crippen LogP contribution is 2.38. The number of anilines is 1. The monoisotopic (exact) mass is 320 g/mol. The summed E-state index contributed by atoms with van der Waals surface area (Å²) in [7, 11) is 3.70. The smallest absolute Gasteiger partial charge is 0.312 e. The number of nitrogens with one attached hydrogen (secondary N) is 2. The van der Waals surface area contributed by atoms with Crippen molar-refractivity contribution in [2.45, 2.75) is 37.5 Å². The molecule has 0 atom stereocenters. The van der Waals surface area contributed by atoms with E-state index in [1.54, 1.807) is 18.8 Å². The van der Waals surface area contributed by atoms with Crippen LogP contribution in [0.4, 0.5) is 10.5 Å². The predicted molar refractivity (Wildman–Crippen MR) is 94.7 cm³/mol. The molecule has 6 heteroatoms. The molecule has 1 aromatic rings. The first-order valence-corrected chi connectivity index (χ1v) is 8.43. The highest BCUT2D eigenvalue weighted by atomic mass is 32.2. The van der Waals surface area contributed by atoms with E-state index in [0.29, 0.717) is 0 Å². The lowest BCUT2D eigenvalue weighted by Crippen LogP contribution is -2.59. The molecular weight excluding hydrogens is 296 g/mol. The normalized spacial score (nSPS) is 16.8. The topological polar surface area (TPSA) is 79.5 Å². The van der Waals surface area contributed by atoms with Gasteiger partial charge in [0.05, 0.1) is 10.6 Å². The van der Waals surface area contributed by atoms with Crippen LogP contribution in [0, 0.1) is 6.92 Å². The number of benzene rings is 1. The van der Waals surface area contributed by atoms with Gasteiger partial charge in [-0.2, -0.15) is 0 Å². The van der Waals surface area contributed by atoms with Gasteiger partial charge in [-0.25, -0.2) is 4.79 Å². The van der Waals surface area contributed by atoms with Gasteiger partial charge in [0.1, 0.15) is 0 Å². The fourth-order valence-electron chi connectivity index (χ4n) is 2.82. The molecule has 120 valence electrons. The van der Waals surface area contributed by atoms with Crippen molar-refractivity contribution >= 4 is 28.5 Å². The van der Waals surface area contributed by atoms with E-state index in [0.717, 1.165) is 35.7 Å². The predicted octanol–water partition coefficient (Wildman–Crippen LogP) is 2.89. The second-order valence-electron chi connectivity index (χ2n) is 5.70. The van der Waals surface area contributed by atoms with E-state index in [-0.39, 0.29) is 5.54 Å². The SMILES string of the molecule is CN=C(SCc1cc(C)cc(NC)c1)C1(NC(N)=O)CCC1. The van der Waals surface area contributed by atoms with E-state index in [9.17, 15) is 4.79 Å². The summed E-state index contributed by atoms with van der Waals surface area (Å²) in [5, 5.41) is 7.03. The maximum absolute atomic E-state index is 11.3. The summed E-state index contributed by atoms with van der Waals surface area (Å²) in [6.45, 7) is 2.09. The molecule has 2 rings (SSSR count). The maximum atomic E-state index is 11.3. The van der Waals surface area contributed by atoms with Gasteiger partial charge in [-0.3, -0.25) is 4.99 Å². The summed E-state index contributed by atoms with van der Waals surface area (Å²) < 4.78 is 0. The zero-order chi connectivity index (χ0) is 16.2. The van der Waals surface area contributed by atoms with Crippen LogP contribution in [0.25, 0.3) is 0 Å². The molecule has 1 saturated carbocycles. The average molecular weight is 320 g/mol. The molecule has 4 N–H and O–H groups in total. The number of hydrogen-bond acceptors (Lipinski definition) is 4. The van der Waals surface area contributed by atoms with Crippen molar-refractivity contribution in [3.05, 3.63) is 29.3 Å². The quantitative estimate of drug-likeness (QED) is 0.576. The molecule has 0 spiro atoms. The Morgan fingerprint density at radius 3 is 2.64 bits per heavy atom. The van der Waals surface area contributed by atoms with Gasteiger partial charge >= 0.3 is 6.03 Å². The summed E-state index contributed by atoms with van der Waals surface area (Å²) in [4.78, 5) is 15.7. The Hall–Kier alpha value is -1.69. The Balaban J connectivity index is 2.08. The number of carbonyl (C=O) groups is 1. The lowest BCUT2D eigenvalue weighted by molar-refractivity contribution is 0.224. The first kappa shape index (κ1) is 16.7. The molecule has 1 fully saturated rings. The Morgan fingerprint density at radius 2 is 2.14 bits per heavy atom. The molecule has 2 amide bonds. The van der Waals surface area contributed by atoms with Gasteiger partial charge in [-0.15, -0.1) is 11.8 Å². The van der Waals surface area contributed by atoms with Gasteiger partial charge in [0, 0.05) is 25.5 Å². The maximum Gasteiger partial charge on any atom is 0.312 e. The molecule has 0 heterocycles. The Morgan fingerprint density at radius 1 is 1.41 bits per heavy atom. The van der Waals surface area contributed by atoms with Crippen LogP contribution >= 0.6 is 11.8 Å². The summed E-state index contributed by atoms with van der Waals surface area (Å²) in [5.74, 6) is 0.825. The van der Waals surface area contributed by atoms with Crippen LogP contribution < -0.4 is 16.4 Å². The zero-order valence-electron chi connectivity index (χ0n) is 13.4. The minimum Gasteiger partial charge on any atom is -0.388 e. The van der Waals surface area contributed by atoms with Crippen molar-refractivity contribution in [3.63, 3.8) is 0 Å². The van der Waals surface area contributed by atoms with Crippen molar-refractivity contribution in [3.8, 4) is 0 Å². The molecule has 0 aliphatic heterocycles. The molecule has 0 saturated heterocycles. The van der Waals surface area contributed by atoms with Crippen LogP contribution in [0.15, 0.2) is 23.2 Å². The van der Waals surface area contributed by atoms with Crippen LogP contribution in [0.1, 0.15) is 30.4 Å². The Kier molecular flexibility index (Phi) is 5.34. The summed E-state index contributed by atoms with van der Waals surface area (Å²) in [5.41, 5.74) is 8.55. The van der Waals surface area contributed by atoms with E-state index in [1.165, 1.54) is 11.1 Å². The first-order valence-electron chi connectivity index (χ1n) is 7.45. The van der Waals surface area contributed by atoms with Crippen LogP contribution in [0.2, 0.25) is 0 Å². The lowest BCUT2D eigenvalue weighted by atomic mass is 9.77. The van der Waals surface area contributed by atoms with E-state index < -0.39 is 6.03 Å². The second-order valence-corrected chi connectivity index (χ2v) is 6.66. The van der Waals surface area contributed by atoms with E-state index >= 15 is 0 Å². The van der Waals surface area contributed by atoms with Gasteiger partial charge < -0.3 is 16.4 Å². The average Bonchev–Trinajstić information content (AvgIpc) is 2.43. The largest absolute Gasteiger partial charge is 0.388 e. The number of carbonyl (C=O) groups excluding carboxylic acids is 1. The lowest BCUT2D eigenvalue weighted by Gasteiger charge is -2.42. The molecule has 1 aliphatic carbocycles. The van der Waals surface area contributed by atoms with Crippen molar-refractivity contribution in [1.29, 1.82) is 0 Å². The number of hydrogen-bond donors (Lipinski definition) is 3. The van der Waals surface area contributed by atoms with Crippen molar-refractivity contribution in [2.75, 3.05) is 19.4 Å². The number of primary amides is 1. The third-order valence-electron chi connectivity index (χ3n) is 3.98. The summed E-state index contributed by atoms with van der Waals surface area (Å²) in [6.07, 6.45) is 2.91. The second kappa shape index (κ2) is 7.05. The molecule has 0 bridgehead atoms. The highest BCUT2D eigenvalue weighted by molar-refractivity contribution is 8.13.